The molecule has 8 heteroatoms. The van der Waals surface area contributed by atoms with E-state index in [1.165, 1.54) is 11.6 Å². The Balaban J connectivity index is 1.71. The molecule has 1 aromatic carbocycles. The molecule has 0 saturated carbocycles. The Labute approximate surface area is 156 Å². The van der Waals surface area contributed by atoms with Gasteiger partial charge in [-0.3, -0.25) is 20.4 Å². The molecule has 0 spiro atoms. The maximum absolute atomic E-state index is 11.0. The fraction of sp³-hybridized carbons (Fsp3) is 0.368. The van der Waals surface area contributed by atoms with Gasteiger partial charge in [0.05, 0.1) is 24.2 Å². The van der Waals surface area contributed by atoms with E-state index in [0.717, 1.165) is 11.1 Å². The second kappa shape index (κ2) is 6.52. The topological polar surface area (TPSA) is 108 Å². The SMILES string of the molecule is Cc1ccc(C2CC(c3ccc([N+](=O)[O-])o3)NC3C(C#N)C=NN23)c(C)c1. The first-order valence-electron chi connectivity index (χ1n) is 8.77. The first-order valence-corrected chi connectivity index (χ1v) is 8.77. The lowest BCUT2D eigenvalue weighted by atomic mass is 9.89. The van der Waals surface area contributed by atoms with Crippen LogP contribution in [-0.2, 0) is 0 Å². The molecule has 1 fully saturated rings. The Bertz CT molecular complexity index is 960. The first-order chi connectivity index (χ1) is 13.0. The summed E-state index contributed by atoms with van der Waals surface area (Å²) in [4.78, 5) is 10.4. The number of fused-ring (bicyclic) bond motifs is 1. The molecule has 1 saturated heterocycles. The average Bonchev–Trinajstić information content (AvgIpc) is 3.28. The number of nitriles is 1. The Hall–Kier alpha value is -3.18. The van der Waals surface area contributed by atoms with E-state index in [0.29, 0.717) is 12.2 Å². The van der Waals surface area contributed by atoms with E-state index < -0.39 is 10.8 Å². The van der Waals surface area contributed by atoms with Crippen LogP contribution in [0, 0.1) is 41.2 Å². The molecule has 27 heavy (non-hydrogen) atoms. The van der Waals surface area contributed by atoms with Crippen LogP contribution in [-0.4, -0.2) is 22.3 Å². The highest BCUT2D eigenvalue weighted by molar-refractivity contribution is 5.67. The summed E-state index contributed by atoms with van der Waals surface area (Å²) in [6, 6.07) is 11.2. The van der Waals surface area contributed by atoms with Crippen molar-refractivity contribution < 1.29 is 9.34 Å². The Morgan fingerprint density at radius 1 is 1.37 bits per heavy atom. The van der Waals surface area contributed by atoms with Crippen molar-refractivity contribution in [1.82, 2.24) is 10.3 Å². The van der Waals surface area contributed by atoms with Gasteiger partial charge in [0.2, 0.25) is 0 Å². The van der Waals surface area contributed by atoms with Crippen LogP contribution in [0.4, 0.5) is 5.88 Å². The van der Waals surface area contributed by atoms with Crippen molar-refractivity contribution in [3.8, 4) is 6.07 Å². The van der Waals surface area contributed by atoms with Crippen molar-refractivity contribution >= 4 is 12.1 Å². The van der Waals surface area contributed by atoms with Gasteiger partial charge in [-0.25, -0.2) is 0 Å². The average molecular weight is 365 g/mol. The number of nitro groups is 1. The largest absolute Gasteiger partial charge is 0.433 e. The van der Waals surface area contributed by atoms with Gasteiger partial charge in [-0.15, -0.1) is 0 Å². The highest BCUT2D eigenvalue weighted by Gasteiger charge is 2.44. The van der Waals surface area contributed by atoms with Gasteiger partial charge in [-0.1, -0.05) is 23.8 Å². The van der Waals surface area contributed by atoms with Crippen LogP contribution < -0.4 is 5.32 Å². The highest BCUT2D eigenvalue weighted by Crippen LogP contribution is 2.42. The molecule has 138 valence electrons. The monoisotopic (exact) mass is 365 g/mol. The van der Waals surface area contributed by atoms with E-state index in [2.05, 4.69) is 41.6 Å². The number of rotatable bonds is 3. The van der Waals surface area contributed by atoms with Crippen molar-refractivity contribution in [2.45, 2.75) is 38.5 Å². The number of hydrogen-bond acceptors (Lipinski definition) is 7. The summed E-state index contributed by atoms with van der Waals surface area (Å²) in [7, 11) is 0. The lowest BCUT2D eigenvalue weighted by Gasteiger charge is -2.42. The van der Waals surface area contributed by atoms with E-state index in [1.54, 1.807) is 12.3 Å². The van der Waals surface area contributed by atoms with Gasteiger partial charge >= 0.3 is 5.88 Å². The molecule has 0 bridgehead atoms. The standard InChI is InChI=1S/C19H19N5O3/c1-11-3-4-14(12(2)7-11)16-8-15(17-5-6-18(27-17)24(25)26)22-19-13(9-20)10-21-23(16)19/h3-7,10,13,15-16,19,22H,8H2,1-2H3. The van der Waals surface area contributed by atoms with Gasteiger partial charge in [0.25, 0.3) is 0 Å². The second-order valence-corrected chi connectivity index (χ2v) is 7.01. The number of hydrogen-bond donors (Lipinski definition) is 1. The Kier molecular flexibility index (Phi) is 4.16. The molecule has 2 aromatic rings. The summed E-state index contributed by atoms with van der Waals surface area (Å²) in [5.74, 6) is -0.178. The van der Waals surface area contributed by atoms with Crippen molar-refractivity contribution in [3.63, 3.8) is 0 Å². The number of furan rings is 1. The third-order valence-corrected chi connectivity index (χ3v) is 5.21. The van der Waals surface area contributed by atoms with E-state index in [-0.39, 0.29) is 24.1 Å². The van der Waals surface area contributed by atoms with Crippen LogP contribution in [0.25, 0.3) is 0 Å². The summed E-state index contributed by atoms with van der Waals surface area (Å²) in [5.41, 5.74) is 3.47. The Morgan fingerprint density at radius 2 is 2.19 bits per heavy atom. The summed E-state index contributed by atoms with van der Waals surface area (Å²) in [5, 5.41) is 30.2. The van der Waals surface area contributed by atoms with E-state index in [4.69, 9.17) is 4.42 Å². The predicted molar refractivity (Wildman–Crippen MR) is 97.7 cm³/mol. The maximum atomic E-state index is 11.0. The van der Waals surface area contributed by atoms with Crippen LogP contribution in [0.1, 0.15) is 41.0 Å². The molecule has 3 heterocycles. The van der Waals surface area contributed by atoms with Crippen molar-refractivity contribution in [3.05, 3.63) is 62.9 Å². The minimum atomic E-state index is -0.545. The van der Waals surface area contributed by atoms with Gasteiger partial charge < -0.3 is 4.42 Å². The molecular formula is C19H19N5O3. The normalized spacial score (nSPS) is 26.6. The number of nitrogens with one attached hydrogen (secondary N) is 1. The number of nitrogens with zero attached hydrogens (tertiary/aromatic N) is 4. The van der Waals surface area contributed by atoms with Gasteiger partial charge in [0.15, 0.2) is 0 Å². The van der Waals surface area contributed by atoms with Crippen LogP contribution in [0.2, 0.25) is 0 Å². The van der Waals surface area contributed by atoms with Crippen LogP contribution in [0.3, 0.4) is 0 Å². The zero-order valence-corrected chi connectivity index (χ0v) is 15.0. The second-order valence-electron chi connectivity index (χ2n) is 7.01. The van der Waals surface area contributed by atoms with Crippen LogP contribution in [0.15, 0.2) is 39.9 Å². The Morgan fingerprint density at radius 3 is 2.85 bits per heavy atom. The molecule has 4 rings (SSSR count). The third kappa shape index (κ3) is 2.96. The van der Waals surface area contributed by atoms with Crippen molar-refractivity contribution in [1.29, 1.82) is 5.26 Å². The van der Waals surface area contributed by atoms with Crippen molar-refractivity contribution in [2.75, 3.05) is 0 Å². The smallest absolute Gasteiger partial charge is 0.404 e. The minimum absolute atomic E-state index is 0.0550. The summed E-state index contributed by atoms with van der Waals surface area (Å²) >= 11 is 0. The zero-order chi connectivity index (χ0) is 19.1. The fourth-order valence-corrected chi connectivity index (χ4v) is 3.93. The predicted octanol–water partition coefficient (Wildman–Crippen LogP) is 3.35. The number of aryl methyl sites for hydroxylation is 2. The molecule has 4 atom stereocenters. The quantitative estimate of drug-likeness (QED) is 0.660. The third-order valence-electron chi connectivity index (χ3n) is 5.21. The minimum Gasteiger partial charge on any atom is -0.404 e. The van der Waals surface area contributed by atoms with Gasteiger partial charge in [0, 0.05) is 6.21 Å². The maximum Gasteiger partial charge on any atom is 0.433 e. The lowest BCUT2D eigenvalue weighted by Crippen LogP contribution is -2.52. The summed E-state index contributed by atoms with van der Waals surface area (Å²) in [6.45, 7) is 4.11. The van der Waals surface area contributed by atoms with Crippen molar-refractivity contribution in [2.24, 2.45) is 11.0 Å². The molecule has 2 aliphatic heterocycles. The number of benzene rings is 1. The molecule has 2 aliphatic rings. The van der Waals surface area contributed by atoms with Gasteiger partial charge in [-0.2, -0.15) is 10.4 Å². The molecule has 1 aromatic heterocycles. The molecule has 0 aliphatic carbocycles. The molecule has 0 amide bonds. The number of hydrazone groups is 1. The molecular weight excluding hydrogens is 346 g/mol. The van der Waals surface area contributed by atoms with Gasteiger partial charge in [-0.05, 0) is 37.5 Å². The first kappa shape index (κ1) is 17.2. The highest BCUT2D eigenvalue weighted by atomic mass is 16.6. The van der Waals surface area contributed by atoms with Crippen LogP contribution >= 0.6 is 0 Å². The lowest BCUT2D eigenvalue weighted by molar-refractivity contribution is -0.402. The van der Waals surface area contributed by atoms with E-state index in [1.807, 2.05) is 11.9 Å². The summed E-state index contributed by atoms with van der Waals surface area (Å²) in [6.07, 6.45) is 1.98. The zero-order valence-electron chi connectivity index (χ0n) is 15.0. The van der Waals surface area contributed by atoms with Gasteiger partial charge in [0.1, 0.15) is 22.8 Å². The molecule has 8 nitrogen and oxygen atoms in total. The summed E-state index contributed by atoms with van der Waals surface area (Å²) < 4.78 is 5.43. The van der Waals surface area contributed by atoms with E-state index in [9.17, 15) is 15.4 Å². The fourth-order valence-electron chi connectivity index (χ4n) is 3.93. The molecule has 4 unspecified atom stereocenters. The molecule has 0 radical (unpaired) electrons. The van der Waals surface area contributed by atoms with Crippen LogP contribution in [0.5, 0.6) is 0 Å². The molecule has 1 N–H and O–H groups in total. The van der Waals surface area contributed by atoms with E-state index >= 15 is 0 Å².